The van der Waals surface area contributed by atoms with Crippen molar-refractivity contribution < 1.29 is 14.3 Å². The van der Waals surface area contributed by atoms with Gasteiger partial charge in [0.2, 0.25) is 0 Å². The molecule has 28 heavy (non-hydrogen) atoms. The second-order valence-electron chi connectivity index (χ2n) is 6.53. The first-order valence-electron chi connectivity index (χ1n) is 9.67. The molecule has 0 spiro atoms. The van der Waals surface area contributed by atoms with Crippen LogP contribution in [0, 0.1) is 0 Å². The maximum Gasteiger partial charge on any atom is 0.271 e. The van der Waals surface area contributed by atoms with E-state index < -0.39 is 5.91 Å². The first-order valence-corrected chi connectivity index (χ1v) is 9.67. The number of rotatable bonds is 9. The molecule has 2 heterocycles. The Hall–Kier alpha value is -2.87. The Bertz CT molecular complexity index is 776. The van der Waals surface area contributed by atoms with Crippen molar-refractivity contribution in [1.29, 1.82) is 0 Å². The van der Waals surface area contributed by atoms with Crippen LogP contribution in [0.15, 0.2) is 30.5 Å². The smallest absolute Gasteiger partial charge is 0.271 e. The lowest BCUT2D eigenvalue weighted by atomic mass is 10.1. The zero-order valence-corrected chi connectivity index (χ0v) is 16.2. The Morgan fingerprint density at radius 1 is 1.18 bits per heavy atom. The zero-order valence-electron chi connectivity index (χ0n) is 16.2. The molecule has 8 heteroatoms. The Morgan fingerprint density at radius 3 is 2.61 bits per heavy atom. The lowest BCUT2D eigenvalue weighted by molar-refractivity contribution is 0.0996. The van der Waals surface area contributed by atoms with Crippen molar-refractivity contribution in [3.05, 3.63) is 36.2 Å². The molecule has 1 aromatic carbocycles. The third kappa shape index (κ3) is 5.32. The third-order valence-corrected chi connectivity index (χ3v) is 4.49. The number of nitrogens with zero attached hydrogens (tertiary/aromatic N) is 3. The number of primary amides is 1. The normalized spacial score (nSPS) is 14.0. The number of amides is 1. The van der Waals surface area contributed by atoms with Crippen LogP contribution in [0.3, 0.4) is 0 Å². The fourth-order valence-corrected chi connectivity index (χ4v) is 3.06. The summed E-state index contributed by atoms with van der Waals surface area (Å²) in [4.78, 5) is 22.8. The molecule has 0 bridgehead atoms. The van der Waals surface area contributed by atoms with Gasteiger partial charge in [0, 0.05) is 25.4 Å². The van der Waals surface area contributed by atoms with Crippen molar-refractivity contribution in [1.82, 2.24) is 9.97 Å². The molecule has 3 N–H and O–H groups in total. The Morgan fingerprint density at radius 2 is 1.93 bits per heavy atom. The summed E-state index contributed by atoms with van der Waals surface area (Å²) in [5, 5.41) is 3.16. The number of nitrogens with two attached hydrogens (primary N) is 1. The summed E-state index contributed by atoms with van der Waals surface area (Å²) < 4.78 is 10.9. The van der Waals surface area contributed by atoms with Crippen LogP contribution in [-0.2, 0) is 4.74 Å². The fourth-order valence-electron chi connectivity index (χ4n) is 3.06. The zero-order chi connectivity index (χ0) is 19.8. The lowest BCUT2D eigenvalue weighted by Crippen LogP contribution is -2.30. The fraction of sp³-hybridized carbons (Fsp3) is 0.450. The molecule has 1 aliphatic rings. The van der Waals surface area contributed by atoms with Crippen molar-refractivity contribution in [3.63, 3.8) is 0 Å². The molecule has 0 unspecified atom stereocenters. The molecule has 1 amide bonds. The number of piperidine rings is 1. The highest BCUT2D eigenvalue weighted by molar-refractivity contribution is 5.96. The van der Waals surface area contributed by atoms with Crippen LogP contribution in [0.5, 0.6) is 5.75 Å². The molecule has 0 atom stereocenters. The van der Waals surface area contributed by atoms with E-state index in [0.717, 1.165) is 43.2 Å². The number of aromatic nitrogens is 2. The van der Waals surface area contributed by atoms with E-state index in [0.29, 0.717) is 25.6 Å². The Labute approximate surface area is 165 Å². The highest BCUT2D eigenvalue weighted by Crippen LogP contribution is 2.24. The monoisotopic (exact) mass is 385 g/mol. The highest BCUT2D eigenvalue weighted by atomic mass is 16.5. The maximum absolute atomic E-state index is 11.8. The summed E-state index contributed by atoms with van der Waals surface area (Å²) in [6.07, 6.45) is 5.11. The molecule has 2 aromatic rings. The van der Waals surface area contributed by atoms with Crippen molar-refractivity contribution >= 4 is 23.2 Å². The molecule has 0 saturated carbocycles. The van der Waals surface area contributed by atoms with Gasteiger partial charge in [-0.05, 0) is 50.5 Å². The second kappa shape index (κ2) is 9.89. The number of carbonyl (C=O) groups is 1. The van der Waals surface area contributed by atoms with Gasteiger partial charge < -0.3 is 25.4 Å². The second-order valence-corrected chi connectivity index (χ2v) is 6.53. The van der Waals surface area contributed by atoms with Crippen LogP contribution in [0.4, 0.5) is 17.3 Å². The molecular formula is C20H27N5O3. The van der Waals surface area contributed by atoms with Crippen LogP contribution in [0.2, 0.25) is 0 Å². The SMILES string of the molecule is CCOCCOc1ccc(Nc2nc(N3CCCCC3)cnc2C(N)=O)cc1. The molecule has 150 valence electrons. The van der Waals surface area contributed by atoms with Gasteiger partial charge >= 0.3 is 0 Å². The van der Waals surface area contributed by atoms with Crippen molar-refractivity contribution in [3.8, 4) is 5.75 Å². The van der Waals surface area contributed by atoms with Crippen LogP contribution in [0.1, 0.15) is 36.7 Å². The molecule has 1 saturated heterocycles. The molecule has 3 rings (SSSR count). The van der Waals surface area contributed by atoms with Gasteiger partial charge in [-0.25, -0.2) is 9.97 Å². The van der Waals surface area contributed by atoms with Gasteiger partial charge in [-0.1, -0.05) is 0 Å². The molecule has 1 fully saturated rings. The van der Waals surface area contributed by atoms with E-state index in [-0.39, 0.29) is 5.69 Å². The molecular weight excluding hydrogens is 358 g/mol. The average Bonchev–Trinajstić information content (AvgIpc) is 2.73. The summed E-state index contributed by atoms with van der Waals surface area (Å²) in [6.45, 7) is 5.55. The highest BCUT2D eigenvalue weighted by Gasteiger charge is 2.18. The van der Waals surface area contributed by atoms with E-state index in [9.17, 15) is 4.79 Å². The van der Waals surface area contributed by atoms with Gasteiger partial charge in [0.1, 0.15) is 18.2 Å². The molecule has 0 aliphatic carbocycles. The number of anilines is 3. The maximum atomic E-state index is 11.8. The molecule has 1 aliphatic heterocycles. The van der Waals surface area contributed by atoms with E-state index in [1.807, 2.05) is 31.2 Å². The minimum atomic E-state index is -0.615. The van der Waals surface area contributed by atoms with Crippen LogP contribution >= 0.6 is 0 Å². The van der Waals surface area contributed by atoms with Crippen LogP contribution in [-0.4, -0.2) is 48.8 Å². The Kier molecular flexibility index (Phi) is 7.02. The summed E-state index contributed by atoms with van der Waals surface area (Å²) in [7, 11) is 0. The predicted octanol–water partition coefficient (Wildman–Crippen LogP) is 2.72. The minimum absolute atomic E-state index is 0.123. The van der Waals surface area contributed by atoms with Gasteiger partial charge in [-0.3, -0.25) is 4.79 Å². The van der Waals surface area contributed by atoms with Gasteiger partial charge in [0.25, 0.3) is 5.91 Å². The molecule has 0 radical (unpaired) electrons. The van der Waals surface area contributed by atoms with E-state index in [1.54, 1.807) is 6.20 Å². The predicted molar refractivity (Wildman–Crippen MR) is 108 cm³/mol. The minimum Gasteiger partial charge on any atom is -0.491 e. The number of hydrogen-bond acceptors (Lipinski definition) is 7. The quantitative estimate of drug-likeness (QED) is 0.640. The summed E-state index contributed by atoms with van der Waals surface area (Å²) in [5.74, 6) is 1.24. The van der Waals surface area contributed by atoms with E-state index in [2.05, 4.69) is 20.2 Å². The van der Waals surface area contributed by atoms with Crippen molar-refractivity contribution in [2.24, 2.45) is 5.73 Å². The third-order valence-electron chi connectivity index (χ3n) is 4.49. The van der Waals surface area contributed by atoms with Gasteiger partial charge in [-0.2, -0.15) is 0 Å². The molecule has 8 nitrogen and oxygen atoms in total. The molecule has 1 aromatic heterocycles. The number of carbonyl (C=O) groups excluding carboxylic acids is 1. The first-order chi connectivity index (χ1) is 13.7. The number of hydrogen-bond donors (Lipinski definition) is 2. The van der Waals surface area contributed by atoms with Gasteiger partial charge in [0.05, 0.1) is 12.8 Å². The van der Waals surface area contributed by atoms with Crippen molar-refractivity contribution in [2.75, 3.05) is 43.1 Å². The van der Waals surface area contributed by atoms with E-state index >= 15 is 0 Å². The van der Waals surface area contributed by atoms with Gasteiger partial charge in [0.15, 0.2) is 11.5 Å². The summed E-state index contributed by atoms with van der Waals surface area (Å²) in [6, 6.07) is 7.41. The summed E-state index contributed by atoms with van der Waals surface area (Å²) in [5.41, 5.74) is 6.36. The standard InChI is InChI=1S/C20H27N5O3/c1-2-27-12-13-28-16-8-6-15(7-9-16)23-20-18(19(21)26)22-14-17(24-20)25-10-4-3-5-11-25/h6-9,14H,2-5,10-13H2,1H3,(H2,21,26)(H,23,24). The lowest BCUT2D eigenvalue weighted by Gasteiger charge is -2.27. The first kappa shape index (κ1) is 19.9. The van der Waals surface area contributed by atoms with Gasteiger partial charge in [-0.15, -0.1) is 0 Å². The number of nitrogens with one attached hydrogen (secondary N) is 1. The number of ether oxygens (including phenoxy) is 2. The van der Waals surface area contributed by atoms with Crippen LogP contribution in [0.25, 0.3) is 0 Å². The number of benzene rings is 1. The van der Waals surface area contributed by atoms with E-state index in [1.165, 1.54) is 6.42 Å². The summed E-state index contributed by atoms with van der Waals surface area (Å²) >= 11 is 0. The Balaban J connectivity index is 1.71. The average molecular weight is 385 g/mol. The van der Waals surface area contributed by atoms with Crippen molar-refractivity contribution in [2.45, 2.75) is 26.2 Å². The van der Waals surface area contributed by atoms with Crippen LogP contribution < -0.4 is 20.7 Å². The largest absolute Gasteiger partial charge is 0.491 e. The van der Waals surface area contributed by atoms with E-state index in [4.69, 9.17) is 15.2 Å². The topological polar surface area (TPSA) is 103 Å².